The van der Waals surface area contributed by atoms with Gasteiger partial charge in [-0.3, -0.25) is 4.79 Å². The highest BCUT2D eigenvalue weighted by molar-refractivity contribution is 7.91. The third-order valence-electron chi connectivity index (χ3n) is 4.47. The summed E-state index contributed by atoms with van der Waals surface area (Å²) in [7, 11) is -3.02. The van der Waals surface area contributed by atoms with E-state index >= 15 is 0 Å². The van der Waals surface area contributed by atoms with Gasteiger partial charge in [-0.05, 0) is 37.6 Å². The van der Waals surface area contributed by atoms with Crippen molar-refractivity contribution >= 4 is 27.2 Å². The van der Waals surface area contributed by atoms with Gasteiger partial charge >= 0.3 is 0 Å². The summed E-state index contributed by atoms with van der Waals surface area (Å²) in [5.41, 5.74) is 0.0781. The molecule has 3 rings (SSSR count). The number of halogens is 2. The summed E-state index contributed by atoms with van der Waals surface area (Å²) in [4.78, 5) is 18.4. The molecule has 1 aromatic carbocycles. The summed E-state index contributed by atoms with van der Waals surface area (Å²) in [6.45, 7) is 2.49. The van der Waals surface area contributed by atoms with Crippen LogP contribution in [-0.4, -0.2) is 43.4 Å². The topological polar surface area (TPSA) is 79.4 Å². The zero-order valence-corrected chi connectivity index (χ0v) is 15.5. The summed E-state index contributed by atoms with van der Waals surface area (Å²) < 4.78 is 50.0. The molecule has 0 radical (unpaired) electrons. The molecule has 1 aliphatic rings. The molecule has 1 atom stereocenters. The second-order valence-corrected chi connectivity index (χ2v) is 8.55. The summed E-state index contributed by atoms with van der Waals surface area (Å²) in [6.07, 6.45) is 1.89. The summed E-state index contributed by atoms with van der Waals surface area (Å²) >= 11 is 0. The van der Waals surface area contributed by atoms with Gasteiger partial charge in [0.1, 0.15) is 17.5 Å². The van der Waals surface area contributed by atoms with Gasteiger partial charge in [0.15, 0.2) is 9.84 Å². The van der Waals surface area contributed by atoms with E-state index in [1.807, 2.05) is 11.8 Å². The van der Waals surface area contributed by atoms with Crippen molar-refractivity contribution in [1.29, 1.82) is 0 Å². The number of anilines is 2. The van der Waals surface area contributed by atoms with E-state index in [4.69, 9.17) is 0 Å². The van der Waals surface area contributed by atoms with Crippen molar-refractivity contribution < 1.29 is 22.0 Å². The molecular formula is C18H19F2N3O3S. The fraction of sp³-hybridized carbons (Fsp3) is 0.333. The molecular weight excluding hydrogens is 376 g/mol. The van der Waals surface area contributed by atoms with Crippen LogP contribution < -0.4 is 10.2 Å². The Hall–Kier alpha value is -2.55. The molecule has 27 heavy (non-hydrogen) atoms. The predicted octanol–water partition coefficient (Wildman–Crippen LogP) is 2.63. The number of carbonyl (C=O) groups is 1. The maximum atomic E-state index is 13.7. The molecule has 0 bridgehead atoms. The first-order chi connectivity index (χ1) is 12.8. The number of rotatable bonds is 5. The van der Waals surface area contributed by atoms with Crippen LogP contribution in [0.5, 0.6) is 0 Å². The van der Waals surface area contributed by atoms with Gasteiger partial charge in [0, 0.05) is 24.8 Å². The standard InChI is InChI=1S/C18H19F2N3O3S/c1-2-23(14-7-8-27(25,26)11-14)17-6-3-12(10-21-17)18(24)22-16-5-4-13(19)9-15(16)20/h3-6,9-10,14H,2,7-8,11H2,1H3,(H,22,24). The molecule has 0 spiro atoms. The number of carbonyl (C=O) groups excluding carboxylic acids is 1. The number of nitrogens with one attached hydrogen (secondary N) is 1. The summed E-state index contributed by atoms with van der Waals surface area (Å²) in [5, 5.41) is 2.37. The van der Waals surface area contributed by atoms with E-state index in [2.05, 4.69) is 10.3 Å². The number of benzene rings is 1. The Balaban J connectivity index is 1.73. The number of sulfone groups is 1. The highest BCUT2D eigenvalue weighted by Crippen LogP contribution is 2.23. The van der Waals surface area contributed by atoms with Gasteiger partial charge in [-0.2, -0.15) is 0 Å². The second kappa shape index (κ2) is 7.59. The molecule has 1 aromatic heterocycles. The lowest BCUT2D eigenvalue weighted by Gasteiger charge is -2.27. The first kappa shape index (κ1) is 19.2. The molecule has 1 saturated heterocycles. The minimum Gasteiger partial charge on any atom is -0.353 e. The van der Waals surface area contributed by atoms with Crippen molar-refractivity contribution in [2.24, 2.45) is 0 Å². The van der Waals surface area contributed by atoms with Crippen molar-refractivity contribution in [1.82, 2.24) is 4.98 Å². The van der Waals surface area contributed by atoms with Crippen LogP contribution in [0.1, 0.15) is 23.7 Å². The van der Waals surface area contributed by atoms with Crippen LogP contribution >= 0.6 is 0 Å². The Bertz CT molecular complexity index is 949. The van der Waals surface area contributed by atoms with E-state index in [-0.39, 0.29) is 28.8 Å². The highest BCUT2D eigenvalue weighted by Gasteiger charge is 2.32. The fourth-order valence-electron chi connectivity index (χ4n) is 3.10. The molecule has 6 nitrogen and oxygen atoms in total. The van der Waals surface area contributed by atoms with E-state index in [1.54, 1.807) is 6.07 Å². The van der Waals surface area contributed by atoms with Crippen LogP contribution in [0.15, 0.2) is 36.5 Å². The molecule has 1 aliphatic heterocycles. The van der Waals surface area contributed by atoms with E-state index in [0.717, 1.165) is 12.1 Å². The molecule has 144 valence electrons. The average molecular weight is 395 g/mol. The molecule has 1 fully saturated rings. The van der Waals surface area contributed by atoms with Crippen LogP contribution in [0.25, 0.3) is 0 Å². The maximum absolute atomic E-state index is 13.7. The van der Waals surface area contributed by atoms with E-state index in [1.165, 1.54) is 12.3 Å². The highest BCUT2D eigenvalue weighted by atomic mass is 32.2. The average Bonchev–Trinajstić information content (AvgIpc) is 2.98. The van der Waals surface area contributed by atoms with Crippen molar-refractivity contribution in [3.05, 3.63) is 53.7 Å². The van der Waals surface area contributed by atoms with Crippen LogP contribution in [0.4, 0.5) is 20.3 Å². The number of pyridine rings is 1. The van der Waals surface area contributed by atoms with E-state index in [0.29, 0.717) is 24.8 Å². The van der Waals surface area contributed by atoms with Gasteiger partial charge < -0.3 is 10.2 Å². The lowest BCUT2D eigenvalue weighted by Crippen LogP contribution is -2.36. The third kappa shape index (κ3) is 4.41. The quantitative estimate of drug-likeness (QED) is 0.842. The Kier molecular flexibility index (Phi) is 5.41. The van der Waals surface area contributed by atoms with Gasteiger partial charge in [-0.15, -0.1) is 0 Å². The Morgan fingerprint density at radius 3 is 2.63 bits per heavy atom. The van der Waals surface area contributed by atoms with E-state index < -0.39 is 27.4 Å². The van der Waals surface area contributed by atoms with Gasteiger partial charge in [0.25, 0.3) is 5.91 Å². The van der Waals surface area contributed by atoms with Crippen LogP contribution in [0, 0.1) is 11.6 Å². The number of hydrogen-bond donors (Lipinski definition) is 1. The fourth-order valence-corrected chi connectivity index (χ4v) is 4.83. The SMILES string of the molecule is CCN(c1ccc(C(=O)Nc2ccc(F)cc2F)cn1)C1CCS(=O)(=O)C1. The maximum Gasteiger partial charge on any atom is 0.257 e. The van der Waals surface area contributed by atoms with Crippen LogP contribution in [0.3, 0.4) is 0 Å². The molecule has 1 unspecified atom stereocenters. The Labute approximate surface area is 156 Å². The molecule has 0 saturated carbocycles. The lowest BCUT2D eigenvalue weighted by molar-refractivity contribution is 0.102. The predicted molar refractivity (Wildman–Crippen MR) is 98.6 cm³/mol. The van der Waals surface area contributed by atoms with Crippen molar-refractivity contribution in [2.75, 3.05) is 28.3 Å². The van der Waals surface area contributed by atoms with Crippen LogP contribution in [-0.2, 0) is 9.84 Å². The molecule has 1 N–H and O–H groups in total. The van der Waals surface area contributed by atoms with Crippen molar-refractivity contribution in [3.8, 4) is 0 Å². The number of hydrogen-bond acceptors (Lipinski definition) is 5. The Morgan fingerprint density at radius 2 is 2.07 bits per heavy atom. The van der Waals surface area contributed by atoms with Crippen molar-refractivity contribution in [3.63, 3.8) is 0 Å². The van der Waals surface area contributed by atoms with Crippen molar-refractivity contribution in [2.45, 2.75) is 19.4 Å². The van der Waals surface area contributed by atoms with Gasteiger partial charge in [-0.1, -0.05) is 0 Å². The first-order valence-corrected chi connectivity index (χ1v) is 10.3. The lowest BCUT2D eigenvalue weighted by atomic mass is 10.2. The molecule has 2 aromatic rings. The monoisotopic (exact) mass is 395 g/mol. The largest absolute Gasteiger partial charge is 0.353 e. The second-order valence-electron chi connectivity index (χ2n) is 6.33. The zero-order valence-electron chi connectivity index (χ0n) is 14.7. The number of aromatic nitrogens is 1. The van der Waals surface area contributed by atoms with Gasteiger partial charge in [0.05, 0.1) is 22.8 Å². The summed E-state index contributed by atoms with van der Waals surface area (Å²) in [6, 6.07) is 5.90. The molecule has 1 amide bonds. The molecule has 0 aliphatic carbocycles. The molecule has 2 heterocycles. The van der Waals surface area contributed by atoms with Crippen LogP contribution in [0.2, 0.25) is 0 Å². The minimum absolute atomic E-state index is 0.0919. The smallest absolute Gasteiger partial charge is 0.257 e. The Morgan fingerprint density at radius 1 is 1.30 bits per heavy atom. The molecule has 9 heteroatoms. The minimum atomic E-state index is -3.02. The van der Waals surface area contributed by atoms with E-state index in [9.17, 15) is 22.0 Å². The first-order valence-electron chi connectivity index (χ1n) is 8.48. The normalized spacial score (nSPS) is 18.3. The summed E-state index contributed by atoms with van der Waals surface area (Å²) in [5.74, 6) is -1.35. The number of nitrogens with zero attached hydrogens (tertiary/aromatic N) is 2. The van der Waals surface area contributed by atoms with Gasteiger partial charge in [0.2, 0.25) is 0 Å². The van der Waals surface area contributed by atoms with Gasteiger partial charge in [-0.25, -0.2) is 22.2 Å². The third-order valence-corrected chi connectivity index (χ3v) is 6.22. The number of amides is 1. The zero-order chi connectivity index (χ0) is 19.6.